The molecule has 0 aliphatic heterocycles. The molecule has 0 bridgehead atoms. The summed E-state index contributed by atoms with van der Waals surface area (Å²) in [5.41, 5.74) is 25.2. The smallest absolute Gasteiger partial charge is 0.410 e. The number of carbonyl (C=O) groups is 3. The Bertz CT molecular complexity index is 1560. The predicted octanol–water partition coefficient (Wildman–Crippen LogP) is 1.70. The first kappa shape index (κ1) is 48.5. The minimum Gasteiger partial charge on any atom is -0.444 e. The summed E-state index contributed by atoms with van der Waals surface area (Å²) < 4.78 is 27.9. The number of rotatable bonds is 26. The van der Waals surface area contributed by atoms with Crippen LogP contribution < -0.4 is 33.6 Å². The fraction of sp³-hybridized carbons (Fsp3) is 0.513. The Morgan fingerprint density at radius 3 is 1.28 bits per heavy atom. The Morgan fingerprint density at radius 2 is 0.931 bits per heavy atom. The number of nitrogens with one attached hydrogen (secondary N) is 2. The summed E-state index contributed by atoms with van der Waals surface area (Å²) in [6.45, 7) is 12.0. The highest BCUT2D eigenvalue weighted by atomic mass is 16.6. The number of nitrogens with two attached hydrogens (primary N) is 4. The van der Waals surface area contributed by atoms with E-state index >= 15 is 0 Å². The molecule has 0 atom stereocenters. The van der Waals surface area contributed by atoms with Gasteiger partial charge in [0.25, 0.3) is 0 Å². The molecule has 0 heterocycles. The molecule has 2 aromatic carbocycles. The average Bonchev–Trinajstić information content (AvgIpc) is 3.18. The summed E-state index contributed by atoms with van der Waals surface area (Å²) in [7, 11) is 0. The molecule has 0 radical (unpaired) electrons. The molecule has 0 fully saturated rings. The molecule has 2 aromatic rings. The van der Waals surface area contributed by atoms with E-state index in [4.69, 9.17) is 46.6 Å². The first-order chi connectivity index (χ1) is 27.6. The maximum Gasteiger partial charge on any atom is 0.410 e. The van der Waals surface area contributed by atoms with Gasteiger partial charge in [-0.05, 0) is 45.7 Å². The average molecular weight is 812 g/mol. The molecule has 3 amide bonds. The number of hydrogen-bond acceptors (Lipinski definition) is 12. The van der Waals surface area contributed by atoms with Crippen LogP contribution in [0.5, 0.6) is 0 Å². The summed E-state index contributed by atoms with van der Waals surface area (Å²) in [6, 6.07) is 14.5. The molecular formula is C39H61N11O8. The van der Waals surface area contributed by atoms with Crippen LogP contribution in [0.4, 0.5) is 4.79 Å². The van der Waals surface area contributed by atoms with Crippen molar-refractivity contribution in [3.63, 3.8) is 0 Å². The molecular weight excluding hydrogens is 750 g/mol. The van der Waals surface area contributed by atoms with Gasteiger partial charge in [-0.15, -0.1) is 20.4 Å². The standard InChI is InChI=1S/C39H61N11O8/c1-28(40)46-48-36(42)32-10-6-30(7-11-32)26-44-34(51)14-18-54-22-24-56-20-16-50(38(53)58-39(3,4)5)17-21-57-25-23-55-19-15-35(52)45-27-31-8-12-33(13-9-31)37(43)49-47-29(2)41/h6-13H,14-27H2,1-5H3,(H2,40,46)(H2,41,47)(H2,42,48)(H2,43,49)(H,44,51)(H,45,52). The quantitative estimate of drug-likeness (QED) is 0.0343. The zero-order valence-electron chi connectivity index (χ0n) is 34.3. The number of carbonyl (C=O) groups excluding carboxylic acids is 3. The van der Waals surface area contributed by atoms with Crippen LogP contribution in [0.3, 0.4) is 0 Å². The number of benzene rings is 2. The van der Waals surface area contributed by atoms with Crippen molar-refractivity contribution in [2.75, 3.05) is 65.9 Å². The lowest BCUT2D eigenvalue weighted by atomic mass is 10.1. The second-order valence-electron chi connectivity index (χ2n) is 13.8. The fourth-order valence-electron chi connectivity index (χ4n) is 4.49. The van der Waals surface area contributed by atoms with Gasteiger partial charge in [0, 0.05) is 50.1 Å². The van der Waals surface area contributed by atoms with E-state index in [0.29, 0.717) is 35.9 Å². The topological polar surface area (TPSA) is 278 Å². The zero-order valence-corrected chi connectivity index (χ0v) is 34.3. The molecule has 320 valence electrons. The van der Waals surface area contributed by atoms with Gasteiger partial charge in [-0.2, -0.15) is 0 Å². The van der Waals surface area contributed by atoms with Gasteiger partial charge >= 0.3 is 6.09 Å². The van der Waals surface area contributed by atoms with Crippen molar-refractivity contribution >= 4 is 41.3 Å². The van der Waals surface area contributed by atoms with Gasteiger partial charge < -0.3 is 62.2 Å². The highest BCUT2D eigenvalue weighted by Gasteiger charge is 2.22. The van der Waals surface area contributed by atoms with Crippen molar-refractivity contribution in [1.29, 1.82) is 0 Å². The van der Waals surface area contributed by atoms with E-state index in [9.17, 15) is 14.4 Å². The fourth-order valence-corrected chi connectivity index (χ4v) is 4.49. The zero-order chi connectivity index (χ0) is 42.8. The molecule has 19 heteroatoms. The van der Waals surface area contributed by atoms with Crippen molar-refractivity contribution in [2.45, 2.75) is 66.2 Å². The van der Waals surface area contributed by atoms with E-state index < -0.39 is 11.7 Å². The molecule has 0 spiro atoms. The SMILES string of the molecule is C/C(N)=N/N=C(\N)c1ccc(CNC(=O)CCOCCOCCN(CCOCCOCCC(=O)NCc2ccc(/C(N)=N/N=C(/C)N)cc2)C(=O)OC(C)(C)C)cc1. The first-order valence-corrected chi connectivity index (χ1v) is 18.9. The van der Waals surface area contributed by atoms with E-state index in [1.807, 2.05) is 24.3 Å². The molecule has 10 N–H and O–H groups in total. The maximum absolute atomic E-state index is 12.8. The summed E-state index contributed by atoms with van der Waals surface area (Å²) in [4.78, 5) is 38.8. The van der Waals surface area contributed by atoms with E-state index in [-0.39, 0.29) is 102 Å². The number of amides is 3. The number of hydrogen-bond donors (Lipinski definition) is 6. The molecule has 58 heavy (non-hydrogen) atoms. The molecule has 2 rings (SSSR count). The third-order valence-electron chi connectivity index (χ3n) is 7.46. The molecule has 0 aromatic heterocycles. The van der Waals surface area contributed by atoms with Gasteiger partial charge in [-0.3, -0.25) is 9.59 Å². The van der Waals surface area contributed by atoms with E-state index in [0.717, 1.165) is 11.1 Å². The van der Waals surface area contributed by atoms with Crippen molar-refractivity contribution in [3.05, 3.63) is 70.8 Å². The van der Waals surface area contributed by atoms with Crippen molar-refractivity contribution < 1.29 is 38.1 Å². The Morgan fingerprint density at radius 1 is 0.569 bits per heavy atom. The minimum atomic E-state index is -0.667. The summed E-state index contributed by atoms with van der Waals surface area (Å²) >= 11 is 0. The normalized spacial score (nSPS) is 12.6. The highest BCUT2D eigenvalue weighted by molar-refractivity contribution is 5.98. The van der Waals surface area contributed by atoms with E-state index in [1.165, 1.54) is 4.90 Å². The lowest BCUT2D eigenvalue weighted by Gasteiger charge is -2.27. The molecule has 0 saturated carbocycles. The second-order valence-corrected chi connectivity index (χ2v) is 13.8. The number of amidine groups is 4. The molecule has 0 aliphatic carbocycles. The van der Waals surface area contributed by atoms with Crippen LogP contribution in [0, 0.1) is 0 Å². The van der Waals surface area contributed by atoms with Gasteiger partial charge in [-0.1, -0.05) is 48.5 Å². The van der Waals surface area contributed by atoms with Crippen molar-refractivity contribution in [3.8, 4) is 0 Å². The predicted molar refractivity (Wildman–Crippen MR) is 223 cm³/mol. The van der Waals surface area contributed by atoms with Gasteiger partial charge in [0.15, 0.2) is 11.7 Å². The Kier molecular flexibility index (Phi) is 22.7. The molecule has 19 nitrogen and oxygen atoms in total. The van der Waals surface area contributed by atoms with E-state index in [1.54, 1.807) is 58.9 Å². The van der Waals surface area contributed by atoms with Crippen LogP contribution in [0.2, 0.25) is 0 Å². The second kappa shape index (κ2) is 27.1. The largest absolute Gasteiger partial charge is 0.444 e. The highest BCUT2D eigenvalue weighted by Crippen LogP contribution is 2.10. The van der Waals surface area contributed by atoms with Gasteiger partial charge in [0.1, 0.15) is 17.3 Å². The van der Waals surface area contributed by atoms with Gasteiger partial charge in [-0.25, -0.2) is 4.79 Å². The minimum absolute atomic E-state index is 0.150. The monoisotopic (exact) mass is 811 g/mol. The van der Waals surface area contributed by atoms with Crippen LogP contribution in [-0.2, 0) is 46.4 Å². The lowest BCUT2D eigenvalue weighted by Crippen LogP contribution is -2.40. The molecule has 0 aliphatic rings. The van der Waals surface area contributed by atoms with Crippen molar-refractivity contribution in [2.24, 2.45) is 43.3 Å². The molecule has 0 saturated heterocycles. The van der Waals surface area contributed by atoms with Gasteiger partial charge in [0.2, 0.25) is 11.8 Å². The summed E-state index contributed by atoms with van der Waals surface area (Å²) in [5, 5.41) is 20.9. The van der Waals surface area contributed by atoms with E-state index in [2.05, 4.69) is 31.0 Å². The van der Waals surface area contributed by atoms with Gasteiger partial charge in [0.05, 0.1) is 52.9 Å². The Labute approximate surface area is 340 Å². The van der Waals surface area contributed by atoms with Crippen LogP contribution in [-0.4, -0.2) is 118 Å². The first-order valence-electron chi connectivity index (χ1n) is 18.9. The van der Waals surface area contributed by atoms with Crippen molar-refractivity contribution in [1.82, 2.24) is 15.5 Å². The molecule has 0 unspecified atom stereocenters. The summed E-state index contributed by atoms with van der Waals surface area (Å²) in [5.74, 6) is 0.788. The van der Waals surface area contributed by atoms with Crippen LogP contribution in [0.1, 0.15) is 69.7 Å². The third-order valence-corrected chi connectivity index (χ3v) is 7.46. The summed E-state index contributed by atoms with van der Waals surface area (Å²) in [6.07, 6.45) is -0.0947. The Balaban J connectivity index is 1.57. The maximum atomic E-state index is 12.8. The van der Waals surface area contributed by atoms with Crippen LogP contribution in [0.25, 0.3) is 0 Å². The van der Waals surface area contributed by atoms with Crippen LogP contribution in [0.15, 0.2) is 68.9 Å². The number of nitrogens with zero attached hydrogens (tertiary/aromatic N) is 5. The lowest BCUT2D eigenvalue weighted by molar-refractivity contribution is -0.123. The van der Waals surface area contributed by atoms with Crippen LogP contribution >= 0.6 is 0 Å². The third kappa shape index (κ3) is 22.8. The number of ether oxygens (including phenoxy) is 5. The Hall–Kier alpha value is -5.63.